The van der Waals surface area contributed by atoms with Crippen LogP contribution >= 0.6 is 0 Å². The third-order valence-corrected chi connectivity index (χ3v) is 2.75. The first-order valence-corrected chi connectivity index (χ1v) is 4.97. The molecule has 0 saturated carbocycles. The van der Waals surface area contributed by atoms with Gasteiger partial charge in [0.05, 0.1) is 6.10 Å². The molecule has 0 bridgehead atoms. The average molecular weight is 198 g/mol. The van der Waals surface area contributed by atoms with E-state index in [1.165, 1.54) is 5.01 Å². The maximum Gasteiger partial charge on any atom is 0.244 e. The predicted molar refractivity (Wildman–Crippen MR) is 47.9 cm³/mol. The molecule has 2 saturated heterocycles. The largest absolute Gasteiger partial charge is 0.393 e. The highest BCUT2D eigenvalue weighted by molar-refractivity contribution is 6.01. The van der Waals surface area contributed by atoms with Crippen molar-refractivity contribution in [1.82, 2.24) is 10.0 Å². The van der Waals surface area contributed by atoms with Gasteiger partial charge in [0.2, 0.25) is 11.8 Å². The van der Waals surface area contributed by atoms with E-state index in [9.17, 15) is 14.7 Å². The fourth-order valence-corrected chi connectivity index (χ4v) is 1.93. The summed E-state index contributed by atoms with van der Waals surface area (Å²) < 4.78 is 0. The lowest BCUT2D eigenvalue weighted by molar-refractivity contribution is -0.160. The van der Waals surface area contributed by atoms with Gasteiger partial charge in [-0.05, 0) is 12.8 Å². The topological polar surface area (TPSA) is 60.9 Å². The lowest BCUT2D eigenvalue weighted by Gasteiger charge is -2.34. The van der Waals surface area contributed by atoms with Gasteiger partial charge in [-0.15, -0.1) is 0 Å². The molecule has 0 aromatic carbocycles. The van der Waals surface area contributed by atoms with Crippen LogP contribution in [0, 0.1) is 0 Å². The van der Waals surface area contributed by atoms with Crippen LogP contribution in [0.4, 0.5) is 0 Å². The van der Waals surface area contributed by atoms with Crippen LogP contribution in [0.2, 0.25) is 0 Å². The number of carbonyl (C=O) groups is 2. The van der Waals surface area contributed by atoms with Crippen molar-refractivity contribution in [3.8, 4) is 0 Å². The molecule has 0 radical (unpaired) electrons. The van der Waals surface area contributed by atoms with Gasteiger partial charge < -0.3 is 5.11 Å². The fraction of sp³-hybridized carbons (Fsp3) is 0.778. The van der Waals surface area contributed by atoms with E-state index in [2.05, 4.69) is 0 Å². The fourth-order valence-electron chi connectivity index (χ4n) is 1.93. The van der Waals surface area contributed by atoms with Crippen molar-refractivity contribution in [2.45, 2.75) is 31.8 Å². The van der Waals surface area contributed by atoms with Gasteiger partial charge in [-0.2, -0.15) is 0 Å². The molecule has 0 atom stereocenters. The highest BCUT2D eigenvalue weighted by atomic mass is 16.3. The molecule has 14 heavy (non-hydrogen) atoms. The minimum absolute atomic E-state index is 0.105. The second-order valence-electron chi connectivity index (χ2n) is 3.78. The Morgan fingerprint density at radius 1 is 1.07 bits per heavy atom. The van der Waals surface area contributed by atoms with Crippen molar-refractivity contribution in [3.63, 3.8) is 0 Å². The average Bonchev–Trinajstić information content (AvgIpc) is 2.49. The molecule has 0 aromatic heterocycles. The summed E-state index contributed by atoms with van der Waals surface area (Å²) >= 11 is 0. The molecule has 2 aliphatic heterocycles. The van der Waals surface area contributed by atoms with E-state index < -0.39 is 0 Å². The zero-order chi connectivity index (χ0) is 10.1. The second kappa shape index (κ2) is 3.67. The second-order valence-corrected chi connectivity index (χ2v) is 3.78. The van der Waals surface area contributed by atoms with Crippen LogP contribution in [-0.2, 0) is 9.59 Å². The number of aliphatic hydroxyl groups is 1. The molecule has 0 unspecified atom stereocenters. The first-order chi connectivity index (χ1) is 6.68. The quantitative estimate of drug-likeness (QED) is 0.577. The van der Waals surface area contributed by atoms with Crippen molar-refractivity contribution in [2.24, 2.45) is 0 Å². The molecule has 78 valence electrons. The monoisotopic (exact) mass is 198 g/mol. The third kappa shape index (κ3) is 1.65. The van der Waals surface area contributed by atoms with E-state index in [-0.39, 0.29) is 17.9 Å². The number of hydrazine groups is 1. The van der Waals surface area contributed by atoms with Crippen molar-refractivity contribution < 1.29 is 14.7 Å². The molecule has 2 rings (SSSR count). The van der Waals surface area contributed by atoms with Crippen LogP contribution in [0.5, 0.6) is 0 Å². The van der Waals surface area contributed by atoms with Crippen molar-refractivity contribution in [3.05, 3.63) is 0 Å². The Kier molecular flexibility index (Phi) is 2.52. The first kappa shape index (κ1) is 9.61. The van der Waals surface area contributed by atoms with E-state index in [1.807, 2.05) is 0 Å². The lowest BCUT2D eigenvalue weighted by atomic mass is 10.1. The number of hydrogen-bond acceptors (Lipinski definition) is 4. The van der Waals surface area contributed by atoms with Gasteiger partial charge in [0.25, 0.3) is 0 Å². The Morgan fingerprint density at radius 3 is 2.07 bits per heavy atom. The summed E-state index contributed by atoms with van der Waals surface area (Å²) in [6, 6.07) is 0. The molecule has 2 heterocycles. The van der Waals surface area contributed by atoms with Gasteiger partial charge in [-0.25, -0.2) is 10.0 Å². The van der Waals surface area contributed by atoms with Gasteiger partial charge >= 0.3 is 0 Å². The highest BCUT2D eigenvalue weighted by Crippen LogP contribution is 2.19. The van der Waals surface area contributed by atoms with E-state index in [4.69, 9.17) is 0 Å². The number of carbonyl (C=O) groups excluding carboxylic acids is 2. The zero-order valence-electron chi connectivity index (χ0n) is 7.98. The molecule has 0 aromatic rings. The normalized spacial score (nSPS) is 26.2. The van der Waals surface area contributed by atoms with Crippen LogP contribution in [0.15, 0.2) is 0 Å². The van der Waals surface area contributed by atoms with Gasteiger partial charge in [-0.1, -0.05) is 0 Å². The number of imide groups is 1. The lowest BCUT2D eigenvalue weighted by Crippen LogP contribution is -2.50. The third-order valence-electron chi connectivity index (χ3n) is 2.75. The van der Waals surface area contributed by atoms with E-state index in [0.717, 1.165) is 0 Å². The highest BCUT2D eigenvalue weighted by Gasteiger charge is 2.35. The number of piperidine rings is 1. The van der Waals surface area contributed by atoms with Crippen LogP contribution in [-0.4, -0.2) is 46.1 Å². The van der Waals surface area contributed by atoms with E-state index in [0.29, 0.717) is 38.8 Å². The summed E-state index contributed by atoms with van der Waals surface area (Å²) in [4.78, 5) is 22.7. The van der Waals surface area contributed by atoms with Gasteiger partial charge in [0, 0.05) is 25.9 Å². The van der Waals surface area contributed by atoms with Gasteiger partial charge in [0.1, 0.15) is 0 Å². The number of nitrogens with zero attached hydrogens (tertiary/aromatic N) is 2. The molecule has 5 nitrogen and oxygen atoms in total. The standard InChI is InChI=1S/C9H14N2O3/c12-7-3-5-10(6-4-7)11-8(13)1-2-9(11)14/h7,12H,1-6H2. The molecule has 2 fully saturated rings. The molecular formula is C9H14N2O3. The molecule has 2 amide bonds. The molecule has 1 N–H and O–H groups in total. The zero-order valence-corrected chi connectivity index (χ0v) is 7.98. The van der Waals surface area contributed by atoms with Crippen molar-refractivity contribution in [2.75, 3.05) is 13.1 Å². The summed E-state index contributed by atoms with van der Waals surface area (Å²) in [5, 5.41) is 12.3. The van der Waals surface area contributed by atoms with E-state index in [1.54, 1.807) is 5.01 Å². The summed E-state index contributed by atoms with van der Waals surface area (Å²) in [6.07, 6.45) is 1.66. The Bertz CT molecular complexity index is 243. The van der Waals surface area contributed by atoms with Crippen LogP contribution in [0.25, 0.3) is 0 Å². The predicted octanol–water partition coefficient (Wildman–Crippen LogP) is -0.493. The Morgan fingerprint density at radius 2 is 1.57 bits per heavy atom. The van der Waals surface area contributed by atoms with Gasteiger partial charge in [-0.3, -0.25) is 9.59 Å². The molecule has 5 heteroatoms. The number of amides is 2. The van der Waals surface area contributed by atoms with Crippen molar-refractivity contribution >= 4 is 11.8 Å². The molecule has 2 aliphatic rings. The van der Waals surface area contributed by atoms with Crippen molar-refractivity contribution in [1.29, 1.82) is 0 Å². The minimum Gasteiger partial charge on any atom is -0.393 e. The summed E-state index contributed by atoms with van der Waals surface area (Å²) in [5.41, 5.74) is 0. The number of rotatable bonds is 1. The Hall–Kier alpha value is -0.940. The maximum absolute atomic E-state index is 11.4. The molecular weight excluding hydrogens is 184 g/mol. The SMILES string of the molecule is O=C1CCC(=O)N1N1CCC(O)CC1. The summed E-state index contributed by atoms with van der Waals surface area (Å²) in [5.74, 6) is -0.210. The van der Waals surface area contributed by atoms with Crippen LogP contribution in [0.1, 0.15) is 25.7 Å². The Labute approximate surface area is 82.3 Å². The molecule has 0 aliphatic carbocycles. The smallest absolute Gasteiger partial charge is 0.244 e. The molecule has 0 spiro atoms. The van der Waals surface area contributed by atoms with Gasteiger partial charge in [0.15, 0.2) is 0 Å². The van der Waals surface area contributed by atoms with Crippen LogP contribution in [0.3, 0.4) is 0 Å². The summed E-state index contributed by atoms with van der Waals surface area (Å²) in [6.45, 7) is 1.19. The Balaban J connectivity index is 2.00. The minimum atomic E-state index is -0.279. The summed E-state index contributed by atoms with van der Waals surface area (Å²) in [7, 11) is 0. The number of hydrogen-bond donors (Lipinski definition) is 1. The van der Waals surface area contributed by atoms with Crippen LogP contribution < -0.4 is 0 Å². The number of aliphatic hydroxyl groups excluding tert-OH is 1. The maximum atomic E-state index is 11.4. The van der Waals surface area contributed by atoms with E-state index >= 15 is 0 Å². The first-order valence-electron chi connectivity index (χ1n) is 4.97.